The lowest BCUT2D eigenvalue weighted by molar-refractivity contribution is -0.126. The molecule has 1 aliphatic rings. The average molecular weight is 420 g/mol. The van der Waals surface area contributed by atoms with Crippen LogP contribution in [0.25, 0.3) is 0 Å². The number of halogens is 2. The highest BCUT2D eigenvalue weighted by molar-refractivity contribution is 9.10. The van der Waals surface area contributed by atoms with Crippen molar-refractivity contribution >= 4 is 39.3 Å². The Hall–Kier alpha value is -2.74. The maximum absolute atomic E-state index is 13.6. The molecular formula is C18H15BrFN3O3. The molecule has 1 saturated heterocycles. The highest BCUT2D eigenvalue weighted by Crippen LogP contribution is 2.26. The van der Waals surface area contributed by atoms with Crippen molar-refractivity contribution in [1.82, 2.24) is 10.9 Å². The van der Waals surface area contributed by atoms with Crippen LogP contribution in [-0.4, -0.2) is 24.3 Å². The number of benzene rings is 2. The van der Waals surface area contributed by atoms with E-state index in [1.54, 1.807) is 12.1 Å². The summed E-state index contributed by atoms with van der Waals surface area (Å²) in [6.45, 7) is 0.210. The first-order chi connectivity index (χ1) is 12.5. The van der Waals surface area contributed by atoms with E-state index in [-0.39, 0.29) is 24.4 Å². The first kappa shape index (κ1) is 18.1. The van der Waals surface area contributed by atoms with Gasteiger partial charge in [0.2, 0.25) is 11.8 Å². The molecule has 3 amide bonds. The topological polar surface area (TPSA) is 78.5 Å². The van der Waals surface area contributed by atoms with Crippen LogP contribution in [0, 0.1) is 11.7 Å². The molecule has 1 heterocycles. The van der Waals surface area contributed by atoms with E-state index in [0.717, 1.165) is 10.5 Å². The molecule has 1 fully saturated rings. The number of hydrazine groups is 1. The Kier molecular flexibility index (Phi) is 5.32. The minimum atomic E-state index is -0.759. The summed E-state index contributed by atoms with van der Waals surface area (Å²) in [6, 6.07) is 12.6. The van der Waals surface area contributed by atoms with Crippen molar-refractivity contribution < 1.29 is 18.8 Å². The molecule has 26 heavy (non-hydrogen) atoms. The van der Waals surface area contributed by atoms with Crippen molar-refractivity contribution in [3.05, 3.63) is 64.4 Å². The van der Waals surface area contributed by atoms with Crippen molar-refractivity contribution in [2.24, 2.45) is 5.92 Å². The number of rotatable bonds is 3. The minimum absolute atomic E-state index is 0.0392. The second kappa shape index (κ2) is 7.65. The third-order valence-electron chi connectivity index (χ3n) is 4.05. The summed E-state index contributed by atoms with van der Waals surface area (Å²) in [7, 11) is 0. The van der Waals surface area contributed by atoms with Crippen LogP contribution < -0.4 is 15.8 Å². The lowest BCUT2D eigenvalue weighted by Crippen LogP contribution is -2.45. The Morgan fingerprint density at radius 2 is 1.77 bits per heavy atom. The number of anilines is 1. The van der Waals surface area contributed by atoms with Crippen LogP contribution in [0.5, 0.6) is 0 Å². The number of hydrogen-bond acceptors (Lipinski definition) is 3. The lowest BCUT2D eigenvalue weighted by Gasteiger charge is -2.17. The van der Waals surface area contributed by atoms with E-state index in [1.165, 1.54) is 23.1 Å². The van der Waals surface area contributed by atoms with Crippen molar-refractivity contribution in [3.63, 3.8) is 0 Å². The van der Waals surface area contributed by atoms with Gasteiger partial charge in [-0.25, -0.2) is 4.39 Å². The van der Waals surface area contributed by atoms with Gasteiger partial charge in [-0.3, -0.25) is 25.2 Å². The van der Waals surface area contributed by atoms with Gasteiger partial charge in [0.05, 0.1) is 11.5 Å². The van der Waals surface area contributed by atoms with E-state index in [4.69, 9.17) is 0 Å². The van der Waals surface area contributed by atoms with E-state index in [1.807, 2.05) is 12.1 Å². The van der Waals surface area contributed by atoms with Gasteiger partial charge in [-0.15, -0.1) is 0 Å². The second-order valence-electron chi connectivity index (χ2n) is 5.81. The number of carbonyl (C=O) groups is 3. The predicted octanol–water partition coefficient (Wildman–Crippen LogP) is 2.40. The van der Waals surface area contributed by atoms with Gasteiger partial charge in [-0.1, -0.05) is 28.1 Å². The van der Waals surface area contributed by atoms with E-state index >= 15 is 0 Å². The molecule has 1 aliphatic heterocycles. The minimum Gasteiger partial charge on any atom is -0.312 e. The molecule has 2 aromatic carbocycles. The van der Waals surface area contributed by atoms with Crippen LogP contribution in [0.1, 0.15) is 16.8 Å². The van der Waals surface area contributed by atoms with E-state index in [9.17, 15) is 18.8 Å². The van der Waals surface area contributed by atoms with E-state index in [2.05, 4.69) is 26.8 Å². The Bertz CT molecular complexity index is 857. The van der Waals surface area contributed by atoms with Gasteiger partial charge in [-0.05, 0) is 36.4 Å². The van der Waals surface area contributed by atoms with Crippen LogP contribution in [-0.2, 0) is 9.59 Å². The van der Waals surface area contributed by atoms with Gasteiger partial charge in [-0.2, -0.15) is 0 Å². The first-order valence-corrected chi connectivity index (χ1v) is 8.65. The molecule has 2 N–H and O–H groups in total. The van der Waals surface area contributed by atoms with Gasteiger partial charge >= 0.3 is 0 Å². The van der Waals surface area contributed by atoms with Crippen LogP contribution in [0.2, 0.25) is 0 Å². The maximum atomic E-state index is 13.6. The van der Waals surface area contributed by atoms with Crippen molar-refractivity contribution in [2.75, 3.05) is 11.4 Å². The van der Waals surface area contributed by atoms with Gasteiger partial charge in [0.1, 0.15) is 5.82 Å². The van der Waals surface area contributed by atoms with Crippen LogP contribution >= 0.6 is 15.9 Å². The summed E-state index contributed by atoms with van der Waals surface area (Å²) >= 11 is 3.33. The summed E-state index contributed by atoms with van der Waals surface area (Å²) in [5.41, 5.74) is 4.96. The Labute approximate surface area is 157 Å². The van der Waals surface area contributed by atoms with Gasteiger partial charge in [0, 0.05) is 23.1 Å². The molecule has 8 heteroatoms. The summed E-state index contributed by atoms with van der Waals surface area (Å²) in [4.78, 5) is 37.9. The van der Waals surface area contributed by atoms with Crippen LogP contribution in [0.4, 0.5) is 10.1 Å². The number of carbonyl (C=O) groups excluding carboxylic acids is 3. The number of nitrogens with zero attached hydrogens (tertiary/aromatic N) is 1. The summed E-state index contributed by atoms with van der Waals surface area (Å²) in [5.74, 6) is -2.72. The SMILES string of the molecule is O=C(NNC(=O)[C@@H]1CC(=O)N(c2ccc(Br)cc2)C1)c1ccccc1F. The summed E-state index contributed by atoms with van der Waals surface area (Å²) < 4.78 is 14.4. The van der Waals surface area contributed by atoms with Crippen LogP contribution in [0.3, 0.4) is 0 Å². The molecule has 0 radical (unpaired) electrons. The fourth-order valence-electron chi connectivity index (χ4n) is 2.69. The molecule has 0 bridgehead atoms. The predicted molar refractivity (Wildman–Crippen MR) is 96.6 cm³/mol. The zero-order valence-corrected chi connectivity index (χ0v) is 15.1. The zero-order valence-electron chi connectivity index (χ0n) is 13.5. The summed E-state index contributed by atoms with van der Waals surface area (Å²) in [6.07, 6.45) is 0.0392. The van der Waals surface area contributed by atoms with Gasteiger partial charge in [0.25, 0.3) is 5.91 Å². The van der Waals surface area contributed by atoms with Crippen molar-refractivity contribution in [3.8, 4) is 0 Å². The molecule has 3 rings (SSSR count). The smallest absolute Gasteiger partial charge is 0.272 e. The lowest BCUT2D eigenvalue weighted by atomic mass is 10.1. The fourth-order valence-corrected chi connectivity index (χ4v) is 2.95. The first-order valence-electron chi connectivity index (χ1n) is 7.86. The third kappa shape index (κ3) is 3.91. The monoisotopic (exact) mass is 419 g/mol. The molecular weight excluding hydrogens is 405 g/mol. The average Bonchev–Trinajstić information content (AvgIpc) is 3.02. The highest BCUT2D eigenvalue weighted by atomic mass is 79.9. The quantitative estimate of drug-likeness (QED) is 0.749. The molecule has 0 unspecified atom stereocenters. The standard InChI is InChI=1S/C18H15BrFN3O3/c19-12-5-7-13(8-6-12)23-10-11(9-16(23)24)17(25)21-22-18(26)14-3-1-2-4-15(14)20/h1-8,11H,9-10H2,(H,21,25)(H,22,26)/t11-/m1/s1. The Morgan fingerprint density at radius 1 is 1.08 bits per heavy atom. The number of hydrogen-bond donors (Lipinski definition) is 2. The molecule has 134 valence electrons. The largest absolute Gasteiger partial charge is 0.312 e. The number of amides is 3. The zero-order chi connectivity index (χ0) is 18.7. The molecule has 0 aliphatic carbocycles. The molecule has 0 saturated carbocycles. The maximum Gasteiger partial charge on any atom is 0.272 e. The third-order valence-corrected chi connectivity index (χ3v) is 4.58. The fraction of sp³-hybridized carbons (Fsp3) is 0.167. The van der Waals surface area contributed by atoms with Gasteiger partial charge in [0.15, 0.2) is 0 Å². The normalized spacial score (nSPS) is 16.5. The second-order valence-corrected chi connectivity index (χ2v) is 6.72. The summed E-state index contributed by atoms with van der Waals surface area (Å²) in [5, 5.41) is 0. The van der Waals surface area contributed by atoms with E-state index < -0.39 is 23.5 Å². The molecule has 2 aromatic rings. The van der Waals surface area contributed by atoms with Crippen molar-refractivity contribution in [2.45, 2.75) is 6.42 Å². The molecule has 1 atom stereocenters. The van der Waals surface area contributed by atoms with Gasteiger partial charge < -0.3 is 4.90 Å². The Morgan fingerprint density at radius 3 is 2.46 bits per heavy atom. The Balaban J connectivity index is 1.59. The molecule has 0 spiro atoms. The van der Waals surface area contributed by atoms with E-state index in [0.29, 0.717) is 5.69 Å². The number of nitrogens with one attached hydrogen (secondary N) is 2. The van der Waals surface area contributed by atoms with Crippen molar-refractivity contribution in [1.29, 1.82) is 0 Å². The molecule has 6 nitrogen and oxygen atoms in total. The van der Waals surface area contributed by atoms with Crippen LogP contribution in [0.15, 0.2) is 53.0 Å². The molecule has 0 aromatic heterocycles. The highest BCUT2D eigenvalue weighted by Gasteiger charge is 2.35.